The molecule has 0 bridgehead atoms. The predicted molar refractivity (Wildman–Crippen MR) is 130 cm³/mol. The Kier molecular flexibility index (Phi) is 6.70. The second-order valence-electron chi connectivity index (χ2n) is 7.36. The van der Waals surface area contributed by atoms with Crippen LogP contribution in [0.5, 0.6) is 0 Å². The highest BCUT2D eigenvalue weighted by Crippen LogP contribution is 2.42. The third-order valence-corrected chi connectivity index (χ3v) is 6.51. The minimum atomic E-state index is -1.06. The van der Waals surface area contributed by atoms with E-state index < -0.39 is 23.7 Å². The maximum Gasteiger partial charge on any atom is 0.335 e. The first-order valence-corrected chi connectivity index (χ1v) is 10.7. The maximum atomic E-state index is 11.4. The quantitative estimate of drug-likeness (QED) is 0.334. The molecule has 32 heavy (non-hydrogen) atoms. The lowest BCUT2D eigenvalue weighted by molar-refractivity contribution is -0.118. The lowest BCUT2D eigenvalue weighted by Crippen LogP contribution is -2.66. The van der Waals surface area contributed by atoms with Gasteiger partial charge in [-0.1, -0.05) is 22.9 Å². The number of thiazole rings is 1. The molecular formula is C20H22Cl2N6O3S. The summed E-state index contributed by atoms with van der Waals surface area (Å²) in [5.41, 5.74) is 14.2. The van der Waals surface area contributed by atoms with Crippen LogP contribution in [0.1, 0.15) is 23.2 Å². The average Bonchev–Trinajstić information content (AvgIpc) is 3.24. The number of likely N-dealkylation sites (N-methyl/N-ethyl adjacent to an activating group) is 1. The summed E-state index contributed by atoms with van der Waals surface area (Å²) in [7, 11) is 1.83. The Morgan fingerprint density at radius 3 is 2.78 bits per heavy atom. The number of rotatable bonds is 7. The molecule has 0 spiro atoms. The fourth-order valence-corrected chi connectivity index (χ4v) is 4.91. The van der Waals surface area contributed by atoms with Gasteiger partial charge in [0.25, 0.3) is 0 Å². The molecule has 1 amide bonds. The summed E-state index contributed by atoms with van der Waals surface area (Å²) < 4.78 is 0.905. The number of aromatic nitrogens is 1. The molecule has 2 atom stereocenters. The SMILES string of the molecule is CN1c2ccc(C(=O)O)cc2NC1(Nc1nc2ccc(Cl)cc2s1)C(N)CCC(N)=O.Cl. The third-order valence-electron chi connectivity index (χ3n) is 5.35. The van der Waals surface area contributed by atoms with Crippen LogP contribution in [0, 0.1) is 0 Å². The Bertz CT molecular complexity index is 1190. The number of carboxylic acids is 1. The van der Waals surface area contributed by atoms with Crippen molar-refractivity contribution in [3.8, 4) is 0 Å². The Morgan fingerprint density at radius 2 is 2.09 bits per heavy atom. The van der Waals surface area contributed by atoms with Gasteiger partial charge in [-0.15, -0.1) is 12.4 Å². The number of fused-ring (bicyclic) bond motifs is 2. The van der Waals surface area contributed by atoms with Crippen LogP contribution in [0.2, 0.25) is 5.02 Å². The van der Waals surface area contributed by atoms with Crippen LogP contribution in [0.3, 0.4) is 0 Å². The number of halogens is 2. The number of hydrogen-bond donors (Lipinski definition) is 5. The minimum Gasteiger partial charge on any atom is -0.478 e. The van der Waals surface area contributed by atoms with Gasteiger partial charge in [0.05, 0.1) is 33.2 Å². The van der Waals surface area contributed by atoms with Gasteiger partial charge < -0.3 is 32.1 Å². The van der Waals surface area contributed by atoms with Crippen LogP contribution in [-0.4, -0.2) is 40.8 Å². The molecule has 0 saturated heterocycles. The highest BCUT2D eigenvalue weighted by molar-refractivity contribution is 7.22. The number of nitrogens with one attached hydrogen (secondary N) is 2. The van der Waals surface area contributed by atoms with Crippen molar-refractivity contribution in [3.05, 3.63) is 47.0 Å². The van der Waals surface area contributed by atoms with Crippen molar-refractivity contribution in [3.63, 3.8) is 0 Å². The summed E-state index contributed by atoms with van der Waals surface area (Å²) in [6, 6.07) is 9.64. The molecule has 0 fully saturated rings. The number of nitrogens with zero attached hydrogens (tertiary/aromatic N) is 2. The normalized spacial score (nSPS) is 17.9. The highest BCUT2D eigenvalue weighted by atomic mass is 35.5. The van der Waals surface area contributed by atoms with Crippen LogP contribution in [0.15, 0.2) is 36.4 Å². The number of carbonyl (C=O) groups excluding carboxylic acids is 1. The largest absolute Gasteiger partial charge is 0.478 e. The maximum absolute atomic E-state index is 11.4. The molecule has 7 N–H and O–H groups in total. The number of hydrogen-bond acceptors (Lipinski definition) is 8. The average molecular weight is 497 g/mol. The van der Waals surface area contributed by atoms with Crippen molar-refractivity contribution in [2.45, 2.75) is 24.7 Å². The molecule has 1 aliphatic rings. The standard InChI is InChI=1S/C20H21ClN6O3S.ClH/c1-27-14-5-2-10(18(29)30)8-13(14)25-20(27,16(22)6-7-17(23)28)26-19-24-12-4-3-11(21)9-15(12)31-19;/h2-5,8-9,16,25H,6-7,22H2,1H3,(H2,23,28)(H,24,26)(H,29,30);1H. The smallest absolute Gasteiger partial charge is 0.335 e. The monoisotopic (exact) mass is 496 g/mol. The number of primary amides is 1. The lowest BCUT2D eigenvalue weighted by atomic mass is 10.0. The van der Waals surface area contributed by atoms with E-state index in [1.54, 1.807) is 18.2 Å². The summed E-state index contributed by atoms with van der Waals surface area (Å²) in [5, 5.41) is 17.3. The Hall–Kier alpha value is -2.79. The third kappa shape index (κ3) is 4.26. The molecule has 9 nitrogen and oxygen atoms in total. The summed E-state index contributed by atoms with van der Waals surface area (Å²) in [6.45, 7) is 0. The van der Waals surface area contributed by atoms with Gasteiger partial charge in [0.1, 0.15) is 0 Å². The molecule has 4 rings (SSSR count). The van der Waals surface area contributed by atoms with Gasteiger partial charge in [-0.3, -0.25) is 4.79 Å². The van der Waals surface area contributed by atoms with E-state index in [-0.39, 0.29) is 24.4 Å². The van der Waals surface area contributed by atoms with Gasteiger partial charge in [0, 0.05) is 18.5 Å². The van der Waals surface area contributed by atoms with Gasteiger partial charge in [-0.25, -0.2) is 9.78 Å². The van der Waals surface area contributed by atoms with E-state index in [9.17, 15) is 14.7 Å². The molecule has 3 aromatic rings. The van der Waals surface area contributed by atoms with Gasteiger partial charge >= 0.3 is 5.97 Å². The molecule has 170 valence electrons. The van der Waals surface area contributed by atoms with Crippen LogP contribution in [-0.2, 0) is 4.79 Å². The Balaban J connectivity index is 0.00000289. The van der Waals surface area contributed by atoms with E-state index in [0.717, 1.165) is 15.9 Å². The van der Waals surface area contributed by atoms with Gasteiger partial charge in [0.2, 0.25) is 11.7 Å². The zero-order chi connectivity index (χ0) is 22.3. The van der Waals surface area contributed by atoms with Crippen LogP contribution < -0.4 is 27.0 Å². The molecule has 2 aromatic carbocycles. The number of benzene rings is 2. The first-order valence-electron chi connectivity index (χ1n) is 9.47. The molecule has 0 aliphatic carbocycles. The van der Waals surface area contributed by atoms with Gasteiger partial charge in [0.15, 0.2) is 5.13 Å². The zero-order valence-electron chi connectivity index (χ0n) is 17.0. The Morgan fingerprint density at radius 1 is 1.34 bits per heavy atom. The van der Waals surface area contributed by atoms with Crippen molar-refractivity contribution in [1.29, 1.82) is 0 Å². The summed E-state index contributed by atoms with van der Waals surface area (Å²) in [6.07, 6.45) is 0.405. The van der Waals surface area contributed by atoms with Gasteiger partial charge in [-0.05, 0) is 42.8 Å². The van der Waals surface area contributed by atoms with Crippen molar-refractivity contribution >= 4 is 73.9 Å². The van der Waals surface area contributed by atoms with Crippen LogP contribution >= 0.6 is 35.3 Å². The lowest BCUT2D eigenvalue weighted by Gasteiger charge is -2.42. The van der Waals surface area contributed by atoms with E-state index in [2.05, 4.69) is 15.6 Å². The first kappa shape index (κ1) is 23.9. The van der Waals surface area contributed by atoms with Crippen molar-refractivity contribution in [2.24, 2.45) is 11.5 Å². The predicted octanol–water partition coefficient (Wildman–Crippen LogP) is 3.29. The van der Waals surface area contributed by atoms with Gasteiger partial charge in [-0.2, -0.15) is 0 Å². The second-order valence-corrected chi connectivity index (χ2v) is 8.82. The number of amides is 1. The summed E-state index contributed by atoms with van der Waals surface area (Å²) in [4.78, 5) is 29.3. The molecule has 1 aromatic heterocycles. The number of nitrogens with two attached hydrogens (primary N) is 2. The van der Waals surface area contributed by atoms with E-state index in [4.69, 9.17) is 23.1 Å². The zero-order valence-corrected chi connectivity index (χ0v) is 19.4. The van der Waals surface area contributed by atoms with Crippen molar-refractivity contribution in [2.75, 3.05) is 22.6 Å². The highest BCUT2D eigenvalue weighted by Gasteiger charge is 2.47. The molecule has 2 heterocycles. The summed E-state index contributed by atoms with van der Waals surface area (Å²) in [5.74, 6) is -2.54. The van der Waals surface area contributed by atoms with Crippen LogP contribution in [0.25, 0.3) is 10.2 Å². The molecule has 2 unspecified atom stereocenters. The van der Waals surface area contributed by atoms with E-state index >= 15 is 0 Å². The molecule has 1 aliphatic heterocycles. The number of anilines is 3. The number of carbonyl (C=O) groups is 2. The molecular weight excluding hydrogens is 475 g/mol. The second kappa shape index (κ2) is 8.99. The first-order chi connectivity index (χ1) is 14.7. The molecule has 0 saturated carbocycles. The van der Waals surface area contributed by atoms with Crippen LogP contribution in [0.4, 0.5) is 16.5 Å². The number of carboxylic acid groups (broad SMARTS) is 1. The van der Waals surface area contributed by atoms with E-state index in [1.165, 1.54) is 17.4 Å². The van der Waals surface area contributed by atoms with E-state index in [0.29, 0.717) is 22.3 Å². The Labute approximate surface area is 199 Å². The van der Waals surface area contributed by atoms with Crippen molar-refractivity contribution < 1.29 is 14.7 Å². The summed E-state index contributed by atoms with van der Waals surface area (Å²) >= 11 is 7.51. The minimum absolute atomic E-state index is 0. The fourth-order valence-electron chi connectivity index (χ4n) is 3.71. The number of aromatic carboxylic acids is 1. The molecule has 12 heteroatoms. The van der Waals surface area contributed by atoms with E-state index in [1.807, 2.05) is 24.1 Å². The molecule has 0 radical (unpaired) electrons. The fraction of sp³-hybridized carbons (Fsp3) is 0.250. The topological polar surface area (TPSA) is 147 Å². The van der Waals surface area contributed by atoms with Crippen molar-refractivity contribution in [1.82, 2.24) is 4.98 Å².